The van der Waals surface area contributed by atoms with Gasteiger partial charge in [-0.1, -0.05) is 11.6 Å². The predicted octanol–water partition coefficient (Wildman–Crippen LogP) is 1.35. The highest BCUT2D eigenvalue weighted by Crippen LogP contribution is 2.24. The molecule has 1 amide bonds. The summed E-state index contributed by atoms with van der Waals surface area (Å²) in [7, 11) is 0. The van der Waals surface area contributed by atoms with Crippen molar-refractivity contribution in [2.24, 2.45) is 5.73 Å². The minimum Gasteiger partial charge on any atom is -0.366 e. The molecule has 13 heavy (non-hydrogen) atoms. The molecule has 0 radical (unpaired) electrons. The van der Waals surface area contributed by atoms with E-state index in [4.69, 9.17) is 17.3 Å². The van der Waals surface area contributed by atoms with E-state index in [9.17, 15) is 14.9 Å². The molecular formula is C7H5ClN2O3. The summed E-state index contributed by atoms with van der Waals surface area (Å²) in [6.45, 7) is 0. The van der Waals surface area contributed by atoms with Gasteiger partial charge in [-0.15, -0.1) is 0 Å². The lowest BCUT2D eigenvalue weighted by Crippen LogP contribution is -2.11. The van der Waals surface area contributed by atoms with E-state index in [0.717, 1.165) is 6.07 Å². The van der Waals surface area contributed by atoms with Crippen molar-refractivity contribution in [1.82, 2.24) is 0 Å². The Morgan fingerprint density at radius 2 is 2.15 bits per heavy atom. The summed E-state index contributed by atoms with van der Waals surface area (Å²) < 4.78 is 0. The van der Waals surface area contributed by atoms with E-state index < -0.39 is 10.8 Å². The van der Waals surface area contributed by atoms with Crippen molar-refractivity contribution in [1.29, 1.82) is 0 Å². The van der Waals surface area contributed by atoms with Gasteiger partial charge in [-0.3, -0.25) is 14.9 Å². The van der Waals surface area contributed by atoms with Crippen molar-refractivity contribution in [2.45, 2.75) is 0 Å². The molecule has 0 aliphatic carbocycles. The molecule has 6 heteroatoms. The fourth-order valence-electron chi connectivity index (χ4n) is 0.806. The summed E-state index contributed by atoms with van der Waals surface area (Å²) in [4.78, 5) is 20.3. The predicted molar refractivity (Wildman–Crippen MR) is 46.6 cm³/mol. The number of hydrogen-bond donors (Lipinski definition) is 1. The van der Waals surface area contributed by atoms with Gasteiger partial charge in [-0.05, 0) is 12.1 Å². The normalized spacial score (nSPS) is 9.62. The third-order valence-electron chi connectivity index (χ3n) is 1.43. The third kappa shape index (κ3) is 1.94. The number of benzene rings is 1. The van der Waals surface area contributed by atoms with Crippen LogP contribution in [0.4, 0.5) is 5.69 Å². The molecule has 1 aromatic rings. The van der Waals surface area contributed by atoms with Gasteiger partial charge in [0.15, 0.2) is 0 Å². The van der Waals surface area contributed by atoms with Crippen LogP contribution < -0.4 is 5.73 Å². The fraction of sp³-hybridized carbons (Fsp3) is 0. The van der Waals surface area contributed by atoms with Crippen LogP contribution in [0.3, 0.4) is 0 Å². The smallest absolute Gasteiger partial charge is 0.288 e. The van der Waals surface area contributed by atoms with E-state index in [1.54, 1.807) is 0 Å². The van der Waals surface area contributed by atoms with Gasteiger partial charge in [0.1, 0.15) is 5.02 Å². The molecule has 1 rings (SSSR count). The zero-order valence-corrected chi connectivity index (χ0v) is 7.12. The summed E-state index contributed by atoms with van der Waals surface area (Å²) >= 11 is 5.50. The summed E-state index contributed by atoms with van der Waals surface area (Å²) in [5.41, 5.74) is 4.67. The average molecular weight is 201 g/mol. The molecule has 0 aromatic heterocycles. The number of nitrogens with zero attached hydrogens (tertiary/aromatic N) is 1. The van der Waals surface area contributed by atoms with Gasteiger partial charge in [-0.2, -0.15) is 0 Å². The largest absolute Gasteiger partial charge is 0.366 e. The Balaban J connectivity index is 3.27. The van der Waals surface area contributed by atoms with E-state index >= 15 is 0 Å². The molecule has 0 bridgehead atoms. The fourth-order valence-corrected chi connectivity index (χ4v) is 0.992. The molecule has 0 unspecified atom stereocenters. The number of amides is 1. The summed E-state index contributed by atoms with van der Waals surface area (Å²) in [6.07, 6.45) is 0. The van der Waals surface area contributed by atoms with Crippen LogP contribution in [0.25, 0.3) is 0 Å². The number of nitro benzene ring substituents is 1. The number of halogens is 1. The van der Waals surface area contributed by atoms with Crippen LogP contribution in [-0.4, -0.2) is 10.8 Å². The van der Waals surface area contributed by atoms with Gasteiger partial charge in [0.05, 0.1) is 4.92 Å². The molecule has 0 aliphatic rings. The quantitative estimate of drug-likeness (QED) is 0.577. The van der Waals surface area contributed by atoms with Crippen LogP contribution in [0.2, 0.25) is 5.02 Å². The number of primary amides is 1. The highest BCUT2D eigenvalue weighted by Gasteiger charge is 2.14. The first-order valence-corrected chi connectivity index (χ1v) is 3.64. The molecule has 68 valence electrons. The second-order valence-electron chi connectivity index (χ2n) is 2.29. The van der Waals surface area contributed by atoms with Crippen molar-refractivity contribution in [3.8, 4) is 0 Å². The Hall–Kier alpha value is -1.62. The van der Waals surface area contributed by atoms with E-state index in [1.807, 2.05) is 0 Å². The first kappa shape index (κ1) is 9.47. The Labute approximate surface area is 78.3 Å². The lowest BCUT2D eigenvalue weighted by molar-refractivity contribution is -0.384. The summed E-state index contributed by atoms with van der Waals surface area (Å²) in [6, 6.07) is 3.64. The van der Waals surface area contributed by atoms with Crippen LogP contribution in [0.15, 0.2) is 18.2 Å². The highest BCUT2D eigenvalue weighted by atomic mass is 35.5. The average Bonchev–Trinajstić information content (AvgIpc) is 2.04. The van der Waals surface area contributed by atoms with E-state index in [2.05, 4.69) is 0 Å². The van der Waals surface area contributed by atoms with Gasteiger partial charge in [0.2, 0.25) is 5.91 Å². The Bertz CT molecular complexity index is 378. The van der Waals surface area contributed by atoms with Crippen molar-refractivity contribution < 1.29 is 9.72 Å². The summed E-state index contributed by atoms with van der Waals surface area (Å²) in [5.74, 6) is -0.722. The van der Waals surface area contributed by atoms with E-state index in [1.165, 1.54) is 12.1 Å². The van der Waals surface area contributed by atoms with Crippen molar-refractivity contribution in [3.05, 3.63) is 38.9 Å². The minimum atomic E-state index is -0.722. The van der Waals surface area contributed by atoms with Crippen LogP contribution in [0, 0.1) is 10.1 Å². The first-order chi connectivity index (χ1) is 6.02. The molecule has 0 heterocycles. The van der Waals surface area contributed by atoms with Crippen LogP contribution in [0.5, 0.6) is 0 Å². The monoisotopic (exact) mass is 200 g/mol. The maximum atomic E-state index is 10.6. The third-order valence-corrected chi connectivity index (χ3v) is 1.75. The Morgan fingerprint density at radius 1 is 1.54 bits per heavy atom. The Kier molecular flexibility index (Phi) is 2.48. The van der Waals surface area contributed by atoms with Crippen molar-refractivity contribution in [3.63, 3.8) is 0 Å². The Morgan fingerprint density at radius 3 is 2.62 bits per heavy atom. The van der Waals surface area contributed by atoms with Crippen molar-refractivity contribution >= 4 is 23.2 Å². The maximum Gasteiger partial charge on any atom is 0.288 e. The van der Waals surface area contributed by atoms with Gasteiger partial charge >= 0.3 is 0 Å². The van der Waals surface area contributed by atoms with Gasteiger partial charge in [0, 0.05) is 11.6 Å². The second kappa shape index (κ2) is 3.40. The molecule has 2 N–H and O–H groups in total. The number of hydrogen-bond acceptors (Lipinski definition) is 3. The lowest BCUT2D eigenvalue weighted by Gasteiger charge is -1.97. The van der Waals surface area contributed by atoms with E-state index in [-0.39, 0.29) is 16.3 Å². The maximum absolute atomic E-state index is 10.6. The standard InChI is InChI=1S/C7H5ClN2O3/c8-5-2-1-4(7(9)11)3-6(5)10(12)13/h1-3H,(H2,9,11). The molecule has 5 nitrogen and oxygen atoms in total. The highest BCUT2D eigenvalue weighted by molar-refractivity contribution is 6.32. The van der Waals surface area contributed by atoms with Gasteiger partial charge < -0.3 is 5.73 Å². The molecule has 0 saturated heterocycles. The SMILES string of the molecule is NC(=O)c1ccc(Cl)c([N+](=O)[O-])c1. The summed E-state index contributed by atoms with van der Waals surface area (Å²) in [5, 5.41) is 10.3. The minimum absolute atomic E-state index is 0.0185. The molecule has 0 atom stereocenters. The van der Waals surface area contributed by atoms with Crippen molar-refractivity contribution in [2.75, 3.05) is 0 Å². The van der Waals surface area contributed by atoms with Gasteiger partial charge in [-0.25, -0.2) is 0 Å². The molecule has 0 fully saturated rings. The van der Waals surface area contributed by atoms with Crippen LogP contribution in [-0.2, 0) is 0 Å². The van der Waals surface area contributed by atoms with E-state index in [0.29, 0.717) is 0 Å². The van der Waals surface area contributed by atoms with Crippen LogP contribution in [0.1, 0.15) is 10.4 Å². The number of nitrogens with two attached hydrogens (primary N) is 1. The number of carbonyl (C=O) groups excluding carboxylic acids is 1. The second-order valence-corrected chi connectivity index (χ2v) is 2.69. The van der Waals surface area contributed by atoms with Crippen LogP contribution >= 0.6 is 11.6 Å². The molecular weight excluding hydrogens is 196 g/mol. The lowest BCUT2D eigenvalue weighted by atomic mass is 10.2. The molecule has 0 spiro atoms. The zero-order chi connectivity index (χ0) is 10.0. The molecule has 0 saturated carbocycles. The van der Waals surface area contributed by atoms with Gasteiger partial charge in [0.25, 0.3) is 5.69 Å². The zero-order valence-electron chi connectivity index (χ0n) is 6.36. The topological polar surface area (TPSA) is 86.2 Å². The molecule has 1 aromatic carbocycles. The first-order valence-electron chi connectivity index (χ1n) is 3.26. The number of carbonyl (C=O) groups is 1. The molecule has 0 aliphatic heterocycles. The number of rotatable bonds is 2. The number of nitro groups is 1.